The van der Waals surface area contributed by atoms with Gasteiger partial charge in [0.25, 0.3) is 0 Å². The van der Waals surface area contributed by atoms with Gasteiger partial charge in [0.2, 0.25) is 5.91 Å². The first-order chi connectivity index (χ1) is 16.5. The molecule has 1 unspecified atom stereocenters. The quantitative estimate of drug-likeness (QED) is 0.430. The van der Waals surface area contributed by atoms with Crippen molar-refractivity contribution in [2.75, 3.05) is 31.1 Å². The second kappa shape index (κ2) is 9.25. The second-order valence-corrected chi connectivity index (χ2v) is 8.64. The standard InChI is InChI=1S/C27H26F2N4O/c1-19-7-6-12-26-30-18-25(33(19)26)21(20-8-2-3-9-22(20)28)17-27(34)32-15-13-31(14-16-32)24-11-5-4-10-23(24)29/h2-12,18,21H,13-17H2,1H3. The number of para-hydroxylation sites is 1. The van der Waals surface area contributed by atoms with Crippen LogP contribution in [0.25, 0.3) is 5.65 Å². The molecule has 5 nitrogen and oxygen atoms in total. The van der Waals surface area contributed by atoms with Gasteiger partial charge >= 0.3 is 0 Å². The van der Waals surface area contributed by atoms with Crippen molar-refractivity contribution in [2.24, 2.45) is 0 Å². The van der Waals surface area contributed by atoms with Gasteiger partial charge in [0.1, 0.15) is 17.3 Å². The monoisotopic (exact) mass is 460 g/mol. The lowest BCUT2D eigenvalue weighted by atomic mass is 9.91. The van der Waals surface area contributed by atoms with Gasteiger partial charge in [-0.2, -0.15) is 0 Å². The van der Waals surface area contributed by atoms with Crippen molar-refractivity contribution >= 4 is 17.2 Å². The smallest absolute Gasteiger partial charge is 0.223 e. The first-order valence-electron chi connectivity index (χ1n) is 11.5. The number of carbonyl (C=O) groups is 1. The predicted octanol–water partition coefficient (Wildman–Crippen LogP) is 4.79. The number of piperazine rings is 1. The van der Waals surface area contributed by atoms with Crippen LogP contribution in [-0.4, -0.2) is 46.4 Å². The van der Waals surface area contributed by atoms with Gasteiger partial charge in [-0.05, 0) is 42.8 Å². The maximum absolute atomic E-state index is 14.9. The summed E-state index contributed by atoms with van der Waals surface area (Å²) < 4.78 is 31.1. The Morgan fingerprint density at radius 1 is 0.912 bits per heavy atom. The Balaban J connectivity index is 1.40. The molecule has 34 heavy (non-hydrogen) atoms. The summed E-state index contributed by atoms with van der Waals surface area (Å²) in [6.45, 7) is 4.05. The van der Waals surface area contributed by atoms with E-state index in [0.717, 1.165) is 17.0 Å². The van der Waals surface area contributed by atoms with E-state index in [1.807, 2.05) is 40.5 Å². The Morgan fingerprint density at radius 2 is 1.62 bits per heavy atom. The zero-order valence-electron chi connectivity index (χ0n) is 19.0. The second-order valence-electron chi connectivity index (χ2n) is 8.64. The van der Waals surface area contributed by atoms with E-state index < -0.39 is 5.92 Å². The van der Waals surface area contributed by atoms with Crippen LogP contribution in [0.15, 0.2) is 72.9 Å². The van der Waals surface area contributed by atoms with Crippen molar-refractivity contribution < 1.29 is 13.6 Å². The zero-order chi connectivity index (χ0) is 23.7. The molecule has 5 rings (SSSR count). The average molecular weight is 461 g/mol. The third kappa shape index (κ3) is 4.14. The molecule has 1 aliphatic heterocycles. The number of pyridine rings is 1. The summed E-state index contributed by atoms with van der Waals surface area (Å²) in [6.07, 6.45) is 1.87. The fraction of sp³-hybridized carbons (Fsp3) is 0.259. The van der Waals surface area contributed by atoms with E-state index in [0.29, 0.717) is 37.4 Å². The molecule has 0 N–H and O–H groups in total. The summed E-state index contributed by atoms with van der Waals surface area (Å²) in [5.74, 6) is -1.13. The number of nitrogens with zero attached hydrogens (tertiary/aromatic N) is 4. The summed E-state index contributed by atoms with van der Waals surface area (Å²) in [6, 6.07) is 19.1. The predicted molar refractivity (Wildman–Crippen MR) is 128 cm³/mol. The first-order valence-corrected chi connectivity index (χ1v) is 11.5. The number of halogens is 2. The Labute approximate surface area is 197 Å². The first kappa shape index (κ1) is 22.1. The maximum Gasteiger partial charge on any atom is 0.223 e. The molecule has 1 aliphatic rings. The number of carbonyl (C=O) groups excluding carboxylic acids is 1. The molecule has 1 saturated heterocycles. The normalized spacial score (nSPS) is 15.0. The van der Waals surface area contributed by atoms with E-state index in [9.17, 15) is 13.6 Å². The molecule has 0 saturated carbocycles. The Kier molecular flexibility index (Phi) is 6.01. The highest BCUT2D eigenvalue weighted by Crippen LogP contribution is 2.32. The fourth-order valence-electron chi connectivity index (χ4n) is 4.82. The zero-order valence-corrected chi connectivity index (χ0v) is 19.0. The van der Waals surface area contributed by atoms with E-state index in [1.54, 1.807) is 41.4 Å². The third-order valence-electron chi connectivity index (χ3n) is 6.59. The lowest BCUT2D eigenvalue weighted by molar-refractivity contribution is -0.131. The van der Waals surface area contributed by atoms with Crippen molar-refractivity contribution in [1.82, 2.24) is 14.3 Å². The van der Waals surface area contributed by atoms with Crippen molar-refractivity contribution in [3.05, 3.63) is 102 Å². The van der Waals surface area contributed by atoms with Crippen molar-refractivity contribution in [2.45, 2.75) is 19.3 Å². The van der Waals surface area contributed by atoms with Gasteiger partial charge < -0.3 is 14.2 Å². The van der Waals surface area contributed by atoms with E-state index in [4.69, 9.17) is 0 Å². The molecule has 1 fully saturated rings. The van der Waals surface area contributed by atoms with Crippen LogP contribution in [-0.2, 0) is 4.79 Å². The van der Waals surface area contributed by atoms with Crippen molar-refractivity contribution in [3.8, 4) is 0 Å². The molecule has 7 heteroatoms. The fourth-order valence-corrected chi connectivity index (χ4v) is 4.82. The van der Waals surface area contributed by atoms with Gasteiger partial charge in [-0.1, -0.05) is 36.4 Å². The Hall–Kier alpha value is -3.74. The summed E-state index contributed by atoms with van der Waals surface area (Å²) in [7, 11) is 0. The molecule has 2 aromatic heterocycles. The molecule has 4 aromatic rings. The molecule has 1 atom stereocenters. The Morgan fingerprint density at radius 3 is 2.35 bits per heavy atom. The number of imidazole rings is 1. The summed E-state index contributed by atoms with van der Waals surface area (Å²) >= 11 is 0. The third-order valence-corrected chi connectivity index (χ3v) is 6.59. The SMILES string of the molecule is Cc1cccc2ncc(C(CC(=O)N3CCN(c4ccccc4F)CC3)c3ccccc3F)n12. The molecule has 3 heterocycles. The number of hydrogen-bond acceptors (Lipinski definition) is 3. The van der Waals surface area contributed by atoms with E-state index >= 15 is 0 Å². The van der Waals surface area contributed by atoms with Gasteiger partial charge in [-0.15, -0.1) is 0 Å². The van der Waals surface area contributed by atoms with Gasteiger partial charge in [0.05, 0.1) is 11.4 Å². The number of benzene rings is 2. The number of aromatic nitrogens is 2. The lowest BCUT2D eigenvalue weighted by Gasteiger charge is -2.36. The molecule has 174 valence electrons. The van der Waals surface area contributed by atoms with Crippen LogP contribution in [0, 0.1) is 18.6 Å². The minimum atomic E-state index is -0.477. The average Bonchev–Trinajstić information content (AvgIpc) is 3.29. The van der Waals surface area contributed by atoms with Gasteiger partial charge in [0.15, 0.2) is 0 Å². The van der Waals surface area contributed by atoms with Crippen LogP contribution < -0.4 is 4.90 Å². The Bertz CT molecular complexity index is 1330. The number of anilines is 1. The molecular weight excluding hydrogens is 434 g/mol. The molecule has 0 bridgehead atoms. The van der Waals surface area contributed by atoms with Crippen LogP contribution in [0.3, 0.4) is 0 Å². The minimum absolute atomic E-state index is 0.0510. The minimum Gasteiger partial charge on any atom is -0.366 e. The molecule has 0 spiro atoms. The molecule has 0 aliphatic carbocycles. The summed E-state index contributed by atoms with van der Waals surface area (Å²) in [4.78, 5) is 21.7. The number of amides is 1. The number of aryl methyl sites for hydroxylation is 1. The van der Waals surface area contributed by atoms with Crippen LogP contribution in [0.4, 0.5) is 14.5 Å². The number of fused-ring (bicyclic) bond motifs is 1. The topological polar surface area (TPSA) is 40.9 Å². The number of hydrogen-bond donors (Lipinski definition) is 0. The highest BCUT2D eigenvalue weighted by molar-refractivity contribution is 5.78. The van der Waals surface area contributed by atoms with E-state index in [-0.39, 0.29) is 24.0 Å². The van der Waals surface area contributed by atoms with Crippen molar-refractivity contribution in [3.63, 3.8) is 0 Å². The van der Waals surface area contributed by atoms with E-state index in [2.05, 4.69) is 4.98 Å². The van der Waals surface area contributed by atoms with Crippen LogP contribution in [0.5, 0.6) is 0 Å². The van der Waals surface area contributed by atoms with E-state index in [1.165, 1.54) is 12.1 Å². The molecule has 0 radical (unpaired) electrons. The summed E-state index contributed by atoms with van der Waals surface area (Å²) in [5, 5.41) is 0. The summed E-state index contributed by atoms with van der Waals surface area (Å²) in [5.41, 5.74) is 3.56. The maximum atomic E-state index is 14.9. The highest BCUT2D eigenvalue weighted by atomic mass is 19.1. The highest BCUT2D eigenvalue weighted by Gasteiger charge is 2.29. The van der Waals surface area contributed by atoms with Gasteiger partial charge in [0, 0.05) is 50.4 Å². The van der Waals surface area contributed by atoms with Gasteiger partial charge in [-0.3, -0.25) is 4.79 Å². The largest absolute Gasteiger partial charge is 0.366 e. The molecule has 1 amide bonds. The molecular formula is C27H26F2N4O. The van der Waals surface area contributed by atoms with Crippen LogP contribution in [0.2, 0.25) is 0 Å². The van der Waals surface area contributed by atoms with Gasteiger partial charge in [-0.25, -0.2) is 13.8 Å². The van der Waals surface area contributed by atoms with Crippen LogP contribution >= 0.6 is 0 Å². The van der Waals surface area contributed by atoms with Crippen molar-refractivity contribution in [1.29, 1.82) is 0 Å². The molecule has 2 aromatic carbocycles. The lowest BCUT2D eigenvalue weighted by Crippen LogP contribution is -2.49. The number of rotatable bonds is 5. The van der Waals surface area contributed by atoms with Crippen LogP contribution in [0.1, 0.15) is 29.3 Å².